The Hall–Kier alpha value is -1.62. The zero-order chi connectivity index (χ0) is 9.68. The van der Waals surface area contributed by atoms with E-state index in [0.717, 1.165) is 5.56 Å². The smallest absolute Gasteiger partial charge is 0.170 e. The molecule has 0 aliphatic heterocycles. The van der Waals surface area contributed by atoms with Crippen LogP contribution in [0.3, 0.4) is 0 Å². The minimum absolute atomic E-state index is 0.538. The molecular formula is C8H13N5. The van der Waals surface area contributed by atoms with Gasteiger partial charge in [-0.3, -0.25) is 9.99 Å². The maximum atomic E-state index is 5.65. The molecule has 0 fully saturated rings. The zero-order valence-electron chi connectivity index (χ0n) is 7.51. The molecule has 0 radical (unpaired) electrons. The van der Waals surface area contributed by atoms with Crippen molar-refractivity contribution in [1.29, 1.82) is 0 Å². The molecule has 0 saturated carbocycles. The van der Waals surface area contributed by atoms with Crippen LogP contribution >= 0.6 is 0 Å². The number of hydrazine groups is 1. The van der Waals surface area contributed by atoms with Crippen LogP contribution in [0.5, 0.6) is 0 Å². The summed E-state index contributed by atoms with van der Waals surface area (Å²) in [5.74, 6) is 11.4. The minimum atomic E-state index is 0.538. The van der Waals surface area contributed by atoms with Crippen LogP contribution in [0.25, 0.3) is 0 Å². The highest BCUT2D eigenvalue weighted by molar-refractivity contribution is 5.97. The summed E-state index contributed by atoms with van der Waals surface area (Å²) in [6.45, 7) is 2.56. The number of hydrazone groups is 1. The molecule has 0 atom stereocenters. The SMILES string of the molecule is CCN(N)/C(=N\N)c1cccnc1. The normalized spacial score (nSPS) is 11.4. The molecule has 1 aromatic heterocycles. The molecular weight excluding hydrogens is 166 g/mol. The van der Waals surface area contributed by atoms with E-state index in [1.54, 1.807) is 12.4 Å². The second-order valence-corrected chi connectivity index (χ2v) is 2.48. The van der Waals surface area contributed by atoms with Crippen molar-refractivity contribution in [3.8, 4) is 0 Å². The van der Waals surface area contributed by atoms with E-state index in [4.69, 9.17) is 11.7 Å². The summed E-state index contributed by atoms with van der Waals surface area (Å²) in [6, 6.07) is 3.66. The third kappa shape index (κ3) is 2.16. The van der Waals surface area contributed by atoms with Gasteiger partial charge in [0.1, 0.15) is 0 Å². The van der Waals surface area contributed by atoms with Gasteiger partial charge in [-0.1, -0.05) is 0 Å². The van der Waals surface area contributed by atoms with Gasteiger partial charge < -0.3 is 5.84 Å². The maximum Gasteiger partial charge on any atom is 0.170 e. The molecule has 0 spiro atoms. The van der Waals surface area contributed by atoms with Crippen molar-refractivity contribution in [3.63, 3.8) is 0 Å². The van der Waals surface area contributed by atoms with Crippen molar-refractivity contribution in [2.24, 2.45) is 16.8 Å². The fourth-order valence-electron chi connectivity index (χ4n) is 0.959. The van der Waals surface area contributed by atoms with Gasteiger partial charge in [0, 0.05) is 24.5 Å². The number of hydrogen-bond donors (Lipinski definition) is 2. The summed E-state index contributed by atoms with van der Waals surface area (Å²) in [7, 11) is 0. The summed E-state index contributed by atoms with van der Waals surface area (Å²) < 4.78 is 0. The molecule has 0 aliphatic carbocycles. The van der Waals surface area contributed by atoms with Gasteiger partial charge in [0.2, 0.25) is 0 Å². The van der Waals surface area contributed by atoms with E-state index < -0.39 is 0 Å². The molecule has 0 bridgehead atoms. The molecule has 0 aromatic carbocycles. The average Bonchev–Trinajstić information content (AvgIpc) is 2.20. The molecule has 1 rings (SSSR count). The quantitative estimate of drug-likeness (QED) is 0.287. The number of amidine groups is 1. The van der Waals surface area contributed by atoms with Crippen molar-refractivity contribution in [3.05, 3.63) is 30.1 Å². The predicted octanol–water partition coefficient (Wildman–Crippen LogP) is -0.102. The first-order chi connectivity index (χ1) is 6.29. The molecule has 1 aromatic rings. The number of aromatic nitrogens is 1. The first-order valence-electron chi connectivity index (χ1n) is 4.00. The molecule has 13 heavy (non-hydrogen) atoms. The Kier molecular flexibility index (Phi) is 3.22. The fourth-order valence-corrected chi connectivity index (χ4v) is 0.959. The molecule has 70 valence electrons. The topological polar surface area (TPSA) is 80.5 Å². The zero-order valence-corrected chi connectivity index (χ0v) is 7.51. The van der Waals surface area contributed by atoms with Crippen LogP contribution in [-0.4, -0.2) is 22.4 Å². The largest absolute Gasteiger partial charge is 0.321 e. The average molecular weight is 179 g/mol. The molecule has 5 nitrogen and oxygen atoms in total. The van der Waals surface area contributed by atoms with Gasteiger partial charge in [0.15, 0.2) is 5.84 Å². The lowest BCUT2D eigenvalue weighted by molar-refractivity contribution is 0.464. The number of nitrogens with zero attached hydrogens (tertiary/aromatic N) is 3. The van der Waals surface area contributed by atoms with Crippen LogP contribution in [-0.2, 0) is 0 Å². The van der Waals surface area contributed by atoms with Gasteiger partial charge in [-0.25, -0.2) is 5.84 Å². The number of hydrogen-bond acceptors (Lipinski definition) is 4. The van der Waals surface area contributed by atoms with Crippen LogP contribution in [0, 0.1) is 0 Å². The minimum Gasteiger partial charge on any atom is -0.321 e. The maximum absolute atomic E-state index is 5.65. The second-order valence-electron chi connectivity index (χ2n) is 2.48. The monoisotopic (exact) mass is 179 g/mol. The molecule has 0 saturated heterocycles. The Labute approximate surface area is 77.0 Å². The third-order valence-electron chi connectivity index (χ3n) is 1.65. The Bertz CT molecular complexity index is 282. The Balaban J connectivity index is 2.93. The van der Waals surface area contributed by atoms with Gasteiger partial charge in [0.25, 0.3) is 0 Å². The van der Waals surface area contributed by atoms with Crippen LogP contribution < -0.4 is 11.7 Å². The van der Waals surface area contributed by atoms with Gasteiger partial charge in [0.05, 0.1) is 0 Å². The molecule has 1 heterocycles. The molecule has 5 heteroatoms. The van der Waals surface area contributed by atoms with Crippen LogP contribution in [0.15, 0.2) is 29.6 Å². The molecule has 0 unspecified atom stereocenters. The van der Waals surface area contributed by atoms with E-state index in [1.165, 1.54) is 5.01 Å². The molecule has 0 amide bonds. The highest BCUT2D eigenvalue weighted by Gasteiger charge is 2.07. The third-order valence-corrected chi connectivity index (χ3v) is 1.65. The van der Waals surface area contributed by atoms with E-state index in [0.29, 0.717) is 12.4 Å². The van der Waals surface area contributed by atoms with E-state index in [2.05, 4.69) is 10.1 Å². The Morgan fingerprint density at radius 1 is 1.69 bits per heavy atom. The summed E-state index contributed by atoms with van der Waals surface area (Å²) in [5.41, 5.74) is 0.814. The van der Waals surface area contributed by atoms with Crippen molar-refractivity contribution >= 4 is 5.84 Å². The summed E-state index contributed by atoms with van der Waals surface area (Å²) in [5, 5.41) is 5.08. The summed E-state index contributed by atoms with van der Waals surface area (Å²) in [4.78, 5) is 3.95. The first kappa shape index (κ1) is 9.47. The van der Waals surface area contributed by atoms with Gasteiger partial charge in [-0.15, -0.1) is 0 Å². The Morgan fingerprint density at radius 2 is 2.46 bits per heavy atom. The van der Waals surface area contributed by atoms with E-state index in [-0.39, 0.29) is 0 Å². The van der Waals surface area contributed by atoms with Crippen molar-refractivity contribution in [2.75, 3.05) is 6.54 Å². The molecule has 4 N–H and O–H groups in total. The first-order valence-corrected chi connectivity index (χ1v) is 4.00. The highest BCUT2D eigenvalue weighted by atomic mass is 15.4. The van der Waals surface area contributed by atoms with Crippen LogP contribution in [0.4, 0.5) is 0 Å². The van der Waals surface area contributed by atoms with Crippen molar-refractivity contribution < 1.29 is 0 Å². The van der Waals surface area contributed by atoms with Gasteiger partial charge in [-0.05, 0) is 19.1 Å². The predicted molar refractivity (Wildman–Crippen MR) is 51.5 cm³/mol. The lowest BCUT2D eigenvalue weighted by atomic mass is 10.2. The standard InChI is InChI=1S/C8H13N5/c1-2-13(10)8(12-9)7-4-3-5-11-6-7/h3-6H,2,9-10H2,1H3/b12-8-. The van der Waals surface area contributed by atoms with Crippen molar-refractivity contribution in [1.82, 2.24) is 9.99 Å². The van der Waals surface area contributed by atoms with E-state index in [9.17, 15) is 0 Å². The van der Waals surface area contributed by atoms with Crippen molar-refractivity contribution in [2.45, 2.75) is 6.92 Å². The van der Waals surface area contributed by atoms with E-state index in [1.807, 2.05) is 19.1 Å². The lowest BCUT2D eigenvalue weighted by Gasteiger charge is -2.17. The van der Waals surface area contributed by atoms with Crippen LogP contribution in [0.1, 0.15) is 12.5 Å². The van der Waals surface area contributed by atoms with E-state index >= 15 is 0 Å². The molecule has 0 aliphatic rings. The summed E-state index contributed by atoms with van der Waals surface area (Å²) in [6.07, 6.45) is 3.35. The summed E-state index contributed by atoms with van der Waals surface area (Å²) >= 11 is 0. The highest BCUT2D eigenvalue weighted by Crippen LogP contribution is 1.99. The van der Waals surface area contributed by atoms with Crippen LogP contribution in [0.2, 0.25) is 0 Å². The lowest BCUT2D eigenvalue weighted by Crippen LogP contribution is -2.38. The van der Waals surface area contributed by atoms with Gasteiger partial charge in [-0.2, -0.15) is 5.10 Å². The number of nitrogens with two attached hydrogens (primary N) is 2. The number of pyridine rings is 1. The van der Waals surface area contributed by atoms with Gasteiger partial charge >= 0.3 is 0 Å². The Morgan fingerprint density at radius 3 is 2.92 bits per heavy atom. The second kappa shape index (κ2) is 4.42. The fraction of sp³-hybridized carbons (Fsp3) is 0.250. The number of rotatable bonds is 2.